The fourth-order valence-electron chi connectivity index (χ4n) is 1.73. The van der Waals surface area contributed by atoms with E-state index in [1.807, 2.05) is 36.6 Å². The average Bonchev–Trinajstić information content (AvgIpc) is 2.77. The summed E-state index contributed by atoms with van der Waals surface area (Å²) in [5.41, 5.74) is 1.74. The Morgan fingerprint density at radius 2 is 2.30 bits per heavy atom. The van der Waals surface area contributed by atoms with E-state index in [1.54, 1.807) is 4.57 Å². The second-order valence-electron chi connectivity index (χ2n) is 4.13. The Kier molecular flexibility index (Phi) is 4.99. The van der Waals surface area contributed by atoms with E-state index in [0.29, 0.717) is 18.9 Å². The number of aromatic nitrogens is 1. The zero-order valence-corrected chi connectivity index (χ0v) is 11.9. The Balaban J connectivity index is 1.96. The third-order valence-electron chi connectivity index (χ3n) is 2.71. The number of hydrogen-bond acceptors (Lipinski definition) is 4. The van der Waals surface area contributed by atoms with Gasteiger partial charge in [-0.05, 0) is 25.1 Å². The van der Waals surface area contributed by atoms with Gasteiger partial charge in [0.05, 0.1) is 6.54 Å². The summed E-state index contributed by atoms with van der Waals surface area (Å²) >= 11 is 1.20. The zero-order chi connectivity index (χ0) is 14.4. The van der Waals surface area contributed by atoms with Crippen LogP contribution in [0.1, 0.15) is 11.3 Å². The standard InChI is InChI=1S/C15H15NO3S/c1-12-11-20-15(18)16(12)7-9-19-14-6-2-4-13(10-14)5-3-8-17/h2,4,6,10-11,17H,7-9H2,1H3. The maximum atomic E-state index is 11.5. The molecule has 0 fully saturated rings. The van der Waals surface area contributed by atoms with E-state index in [4.69, 9.17) is 9.84 Å². The first-order valence-electron chi connectivity index (χ1n) is 6.18. The lowest BCUT2D eigenvalue weighted by molar-refractivity contribution is 0.296. The van der Waals surface area contributed by atoms with Gasteiger partial charge in [0.15, 0.2) is 0 Å². The first kappa shape index (κ1) is 14.4. The molecule has 0 aliphatic carbocycles. The monoisotopic (exact) mass is 289 g/mol. The number of ether oxygens (including phenoxy) is 1. The topological polar surface area (TPSA) is 51.5 Å². The van der Waals surface area contributed by atoms with Gasteiger partial charge in [0.1, 0.15) is 19.0 Å². The van der Waals surface area contributed by atoms with Gasteiger partial charge >= 0.3 is 4.87 Å². The van der Waals surface area contributed by atoms with Crippen molar-refractivity contribution < 1.29 is 9.84 Å². The highest BCUT2D eigenvalue weighted by Gasteiger charge is 2.02. The van der Waals surface area contributed by atoms with Crippen LogP contribution in [0.15, 0.2) is 34.4 Å². The lowest BCUT2D eigenvalue weighted by Crippen LogP contribution is -2.18. The fourth-order valence-corrected chi connectivity index (χ4v) is 2.50. The molecular formula is C15H15NO3S. The third-order valence-corrected chi connectivity index (χ3v) is 3.59. The second kappa shape index (κ2) is 6.94. The molecule has 20 heavy (non-hydrogen) atoms. The SMILES string of the molecule is Cc1csc(=O)n1CCOc1cccc(C#CCO)c1. The number of aliphatic hydroxyl groups is 1. The molecule has 1 heterocycles. The number of rotatable bonds is 4. The molecule has 0 saturated carbocycles. The smallest absolute Gasteiger partial charge is 0.307 e. The summed E-state index contributed by atoms with van der Waals surface area (Å²) in [5, 5.41) is 10.5. The van der Waals surface area contributed by atoms with Crippen molar-refractivity contribution in [1.82, 2.24) is 4.57 Å². The van der Waals surface area contributed by atoms with Gasteiger partial charge in [-0.25, -0.2) is 0 Å². The molecule has 0 bridgehead atoms. The van der Waals surface area contributed by atoms with Crippen LogP contribution in [0.25, 0.3) is 0 Å². The van der Waals surface area contributed by atoms with Crippen LogP contribution < -0.4 is 9.61 Å². The Hall–Kier alpha value is -2.03. The second-order valence-corrected chi connectivity index (χ2v) is 4.95. The van der Waals surface area contributed by atoms with Crippen LogP contribution in [0.4, 0.5) is 0 Å². The van der Waals surface area contributed by atoms with Crippen LogP contribution in [-0.2, 0) is 6.54 Å². The third kappa shape index (κ3) is 3.73. The molecular weight excluding hydrogens is 274 g/mol. The molecule has 0 atom stereocenters. The van der Waals surface area contributed by atoms with E-state index in [2.05, 4.69) is 11.8 Å². The fraction of sp³-hybridized carbons (Fsp3) is 0.267. The van der Waals surface area contributed by atoms with Gasteiger partial charge in [0, 0.05) is 16.6 Å². The predicted octanol–water partition coefficient (Wildman–Crippen LogP) is 1.64. The van der Waals surface area contributed by atoms with E-state index in [9.17, 15) is 4.79 Å². The molecule has 0 radical (unpaired) electrons. The van der Waals surface area contributed by atoms with Crippen LogP contribution in [0.3, 0.4) is 0 Å². The van der Waals surface area contributed by atoms with Crippen molar-refractivity contribution in [2.24, 2.45) is 0 Å². The summed E-state index contributed by atoms with van der Waals surface area (Å²) in [6.07, 6.45) is 0. The zero-order valence-electron chi connectivity index (χ0n) is 11.1. The molecule has 0 unspecified atom stereocenters. The van der Waals surface area contributed by atoms with Gasteiger partial charge in [-0.2, -0.15) is 0 Å². The van der Waals surface area contributed by atoms with Gasteiger partial charge in [-0.1, -0.05) is 29.2 Å². The highest BCUT2D eigenvalue weighted by molar-refractivity contribution is 7.07. The molecule has 2 rings (SSSR count). The first-order valence-corrected chi connectivity index (χ1v) is 7.06. The number of aliphatic hydroxyl groups excluding tert-OH is 1. The van der Waals surface area contributed by atoms with E-state index < -0.39 is 0 Å². The van der Waals surface area contributed by atoms with Crippen molar-refractivity contribution in [3.05, 3.63) is 50.6 Å². The minimum absolute atomic E-state index is 0.0358. The first-order chi connectivity index (χ1) is 9.70. The minimum Gasteiger partial charge on any atom is -0.492 e. The summed E-state index contributed by atoms with van der Waals surface area (Å²) in [7, 11) is 0. The number of aryl methyl sites for hydroxylation is 1. The molecule has 1 aromatic carbocycles. The van der Waals surface area contributed by atoms with Gasteiger partial charge < -0.3 is 9.84 Å². The van der Waals surface area contributed by atoms with Crippen LogP contribution in [0.5, 0.6) is 5.75 Å². The number of hydrogen-bond donors (Lipinski definition) is 1. The molecule has 104 valence electrons. The van der Waals surface area contributed by atoms with Crippen molar-refractivity contribution in [3.8, 4) is 17.6 Å². The Morgan fingerprint density at radius 3 is 3.00 bits per heavy atom. The highest BCUT2D eigenvalue weighted by atomic mass is 32.1. The van der Waals surface area contributed by atoms with Gasteiger partial charge in [0.2, 0.25) is 0 Å². The quantitative estimate of drug-likeness (QED) is 0.871. The average molecular weight is 289 g/mol. The van der Waals surface area contributed by atoms with Crippen LogP contribution in [-0.4, -0.2) is 22.9 Å². The molecule has 1 aromatic heterocycles. The number of benzene rings is 1. The molecule has 0 aliphatic rings. The van der Waals surface area contributed by atoms with Gasteiger partial charge in [-0.3, -0.25) is 9.36 Å². The summed E-state index contributed by atoms with van der Waals surface area (Å²) < 4.78 is 7.32. The van der Waals surface area contributed by atoms with Gasteiger partial charge in [-0.15, -0.1) is 0 Å². The summed E-state index contributed by atoms with van der Waals surface area (Å²) in [4.78, 5) is 11.6. The Morgan fingerprint density at radius 1 is 1.45 bits per heavy atom. The lowest BCUT2D eigenvalue weighted by Gasteiger charge is -2.08. The Labute approximate surface area is 121 Å². The van der Waals surface area contributed by atoms with Crippen molar-refractivity contribution >= 4 is 11.3 Å². The summed E-state index contributed by atoms with van der Waals surface area (Å²) in [5.74, 6) is 6.12. The lowest BCUT2D eigenvalue weighted by atomic mass is 10.2. The van der Waals surface area contributed by atoms with Crippen LogP contribution in [0, 0.1) is 18.8 Å². The summed E-state index contributed by atoms with van der Waals surface area (Å²) in [6, 6.07) is 7.35. The summed E-state index contributed by atoms with van der Waals surface area (Å²) in [6.45, 7) is 2.70. The molecule has 4 nitrogen and oxygen atoms in total. The minimum atomic E-state index is -0.161. The molecule has 0 amide bonds. The predicted molar refractivity (Wildman–Crippen MR) is 79.2 cm³/mol. The van der Waals surface area contributed by atoms with E-state index in [0.717, 1.165) is 11.3 Å². The maximum Gasteiger partial charge on any atom is 0.307 e. The van der Waals surface area contributed by atoms with Gasteiger partial charge in [0.25, 0.3) is 0 Å². The number of nitrogens with zero attached hydrogens (tertiary/aromatic N) is 1. The molecule has 1 N–H and O–H groups in total. The number of thiazole rings is 1. The molecule has 0 spiro atoms. The Bertz CT molecular complexity index is 691. The van der Waals surface area contributed by atoms with Crippen molar-refractivity contribution in [2.45, 2.75) is 13.5 Å². The van der Waals surface area contributed by atoms with Crippen LogP contribution >= 0.6 is 11.3 Å². The molecule has 0 saturated heterocycles. The largest absolute Gasteiger partial charge is 0.492 e. The van der Waals surface area contributed by atoms with Crippen molar-refractivity contribution in [1.29, 1.82) is 0 Å². The highest BCUT2D eigenvalue weighted by Crippen LogP contribution is 2.12. The van der Waals surface area contributed by atoms with Crippen molar-refractivity contribution in [2.75, 3.05) is 13.2 Å². The van der Waals surface area contributed by atoms with Crippen LogP contribution in [0.2, 0.25) is 0 Å². The van der Waals surface area contributed by atoms with Crippen molar-refractivity contribution in [3.63, 3.8) is 0 Å². The van der Waals surface area contributed by atoms with E-state index >= 15 is 0 Å². The normalized spacial score (nSPS) is 9.90. The molecule has 0 aliphatic heterocycles. The maximum absolute atomic E-state index is 11.5. The van der Waals surface area contributed by atoms with E-state index in [-0.39, 0.29) is 11.5 Å². The molecule has 5 heteroatoms. The van der Waals surface area contributed by atoms with E-state index in [1.165, 1.54) is 11.3 Å². The molecule has 2 aromatic rings.